The van der Waals surface area contributed by atoms with Crippen molar-refractivity contribution >= 4 is 5.91 Å². The first-order valence-electron chi connectivity index (χ1n) is 23.6. The molecule has 0 radical (unpaired) electrons. The van der Waals surface area contributed by atoms with Crippen molar-refractivity contribution < 1.29 is 25.2 Å². The van der Waals surface area contributed by atoms with Crippen molar-refractivity contribution in [2.24, 2.45) is 0 Å². The van der Waals surface area contributed by atoms with Gasteiger partial charge in [-0.25, -0.2) is 0 Å². The number of rotatable bonds is 43. The van der Waals surface area contributed by atoms with E-state index in [1.54, 1.807) is 0 Å². The maximum absolute atomic E-state index is 12.5. The van der Waals surface area contributed by atoms with Crippen LogP contribution in [0.5, 0.6) is 0 Å². The lowest BCUT2D eigenvalue weighted by atomic mass is 10.00. The molecule has 0 spiro atoms. The highest BCUT2D eigenvalue weighted by atomic mass is 16.3. The average Bonchev–Trinajstić information content (AvgIpc) is 3.16. The minimum absolute atomic E-state index is 0.368. The summed E-state index contributed by atoms with van der Waals surface area (Å²) in [6, 6.07) is -0.997. The van der Waals surface area contributed by atoms with Gasteiger partial charge in [0.05, 0.1) is 18.8 Å². The number of unbranched alkanes of at least 4 members (excludes halogenated alkanes) is 32. The number of amides is 1. The quantitative estimate of drug-likeness (QED) is 0.0315. The molecule has 0 fully saturated rings. The molecule has 0 aromatic rings. The van der Waals surface area contributed by atoms with Crippen LogP contribution in [-0.2, 0) is 4.79 Å². The second-order valence-corrected chi connectivity index (χ2v) is 16.5. The zero-order valence-corrected chi connectivity index (χ0v) is 35.5. The lowest BCUT2D eigenvalue weighted by molar-refractivity contribution is -0.132. The van der Waals surface area contributed by atoms with E-state index < -0.39 is 36.9 Å². The van der Waals surface area contributed by atoms with Crippen LogP contribution in [0, 0.1) is 0 Å². The van der Waals surface area contributed by atoms with Gasteiger partial charge < -0.3 is 25.7 Å². The fourth-order valence-corrected chi connectivity index (χ4v) is 7.46. The molecule has 6 heteroatoms. The zero-order chi connectivity index (χ0) is 38.9. The summed E-state index contributed by atoms with van der Waals surface area (Å²) in [4.78, 5) is 12.5. The molecule has 0 bridgehead atoms. The van der Waals surface area contributed by atoms with E-state index >= 15 is 0 Å². The van der Waals surface area contributed by atoms with Gasteiger partial charge in [-0.05, 0) is 38.5 Å². The highest BCUT2D eigenvalue weighted by molar-refractivity contribution is 5.80. The molecule has 6 nitrogen and oxygen atoms in total. The summed E-state index contributed by atoms with van der Waals surface area (Å²) in [5, 5.41) is 43.7. The molecule has 0 aliphatic carbocycles. The molecular formula is C47H93NO5. The molecule has 0 aliphatic rings. The summed E-state index contributed by atoms with van der Waals surface area (Å²) in [5.41, 5.74) is 0. The molecule has 1 amide bonds. The Morgan fingerprint density at radius 1 is 0.453 bits per heavy atom. The number of nitrogens with one attached hydrogen (secondary N) is 1. The van der Waals surface area contributed by atoms with Crippen molar-refractivity contribution in [2.75, 3.05) is 6.61 Å². The Morgan fingerprint density at radius 2 is 0.774 bits per heavy atom. The molecule has 0 aromatic heterocycles. The Balaban J connectivity index is 3.71. The molecule has 53 heavy (non-hydrogen) atoms. The van der Waals surface area contributed by atoms with Crippen LogP contribution in [0.4, 0.5) is 0 Å². The van der Waals surface area contributed by atoms with E-state index in [2.05, 4.69) is 31.3 Å². The van der Waals surface area contributed by atoms with Crippen LogP contribution in [-0.4, -0.2) is 57.3 Å². The normalized spacial score (nSPS) is 14.2. The van der Waals surface area contributed by atoms with Crippen LogP contribution in [0.15, 0.2) is 12.2 Å². The minimum Gasteiger partial charge on any atom is -0.394 e. The third-order valence-corrected chi connectivity index (χ3v) is 11.2. The van der Waals surface area contributed by atoms with Crippen LogP contribution in [0.1, 0.15) is 251 Å². The van der Waals surface area contributed by atoms with Crippen LogP contribution in [0.3, 0.4) is 0 Å². The van der Waals surface area contributed by atoms with Gasteiger partial charge >= 0.3 is 0 Å². The Kier molecular flexibility index (Phi) is 41.4. The Hall–Kier alpha value is -0.950. The third-order valence-electron chi connectivity index (χ3n) is 11.2. The van der Waals surface area contributed by atoms with Crippen LogP contribution in [0.25, 0.3) is 0 Å². The van der Waals surface area contributed by atoms with E-state index in [1.165, 1.54) is 186 Å². The topological polar surface area (TPSA) is 110 Å². The van der Waals surface area contributed by atoms with Gasteiger partial charge in [0.15, 0.2) is 0 Å². The number of aliphatic hydroxyl groups is 4. The van der Waals surface area contributed by atoms with Crippen LogP contribution >= 0.6 is 0 Å². The zero-order valence-electron chi connectivity index (χ0n) is 35.5. The summed E-state index contributed by atoms with van der Waals surface area (Å²) in [5.74, 6) is -0.590. The predicted octanol–water partition coefficient (Wildman–Crippen LogP) is 12.6. The summed E-state index contributed by atoms with van der Waals surface area (Å²) < 4.78 is 0. The molecule has 0 aliphatic heterocycles. The largest absolute Gasteiger partial charge is 0.394 e. The SMILES string of the molecule is CCCCCCCCCCCCCCCCCCC/C=C/CCCC(O)C(O)C(CO)NC(=O)C(O)CCCCCCCCCCCCCCCCC. The van der Waals surface area contributed by atoms with Gasteiger partial charge in [-0.2, -0.15) is 0 Å². The monoisotopic (exact) mass is 752 g/mol. The fraction of sp³-hybridized carbons (Fsp3) is 0.936. The smallest absolute Gasteiger partial charge is 0.249 e. The highest BCUT2D eigenvalue weighted by Gasteiger charge is 2.28. The summed E-state index contributed by atoms with van der Waals surface area (Å²) >= 11 is 0. The first-order valence-corrected chi connectivity index (χ1v) is 23.6. The number of carbonyl (C=O) groups excluding carboxylic acids is 1. The van der Waals surface area contributed by atoms with E-state index in [1.807, 2.05) is 0 Å². The van der Waals surface area contributed by atoms with E-state index in [4.69, 9.17) is 0 Å². The van der Waals surface area contributed by atoms with Crippen molar-refractivity contribution in [2.45, 2.75) is 276 Å². The average molecular weight is 752 g/mol. The molecule has 4 atom stereocenters. The van der Waals surface area contributed by atoms with Crippen molar-refractivity contribution in [3.05, 3.63) is 12.2 Å². The van der Waals surface area contributed by atoms with E-state index in [-0.39, 0.29) is 0 Å². The highest BCUT2D eigenvalue weighted by Crippen LogP contribution is 2.17. The predicted molar refractivity (Wildman–Crippen MR) is 228 cm³/mol. The molecular weight excluding hydrogens is 659 g/mol. The molecule has 0 heterocycles. The third kappa shape index (κ3) is 36.4. The second-order valence-electron chi connectivity index (χ2n) is 16.5. The molecule has 316 valence electrons. The molecule has 0 aromatic carbocycles. The number of hydrogen-bond acceptors (Lipinski definition) is 5. The van der Waals surface area contributed by atoms with Crippen molar-refractivity contribution in [3.8, 4) is 0 Å². The summed E-state index contributed by atoms with van der Waals surface area (Å²) in [6.07, 6.45) is 46.8. The Bertz CT molecular complexity index is 761. The van der Waals surface area contributed by atoms with Crippen molar-refractivity contribution in [3.63, 3.8) is 0 Å². The molecule has 0 saturated heterocycles. The molecule has 4 unspecified atom stereocenters. The molecule has 5 N–H and O–H groups in total. The second kappa shape index (κ2) is 42.2. The Morgan fingerprint density at radius 3 is 1.13 bits per heavy atom. The number of aliphatic hydroxyl groups excluding tert-OH is 4. The van der Waals surface area contributed by atoms with E-state index in [0.717, 1.165) is 38.5 Å². The Labute approximate surface area is 330 Å². The van der Waals surface area contributed by atoms with Gasteiger partial charge in [0, 0.05) is 0 Å². The van der Waals surface area contributed by atoms with Gasteiger partial charge in [0.1, 0.15) is 12.2 Å². The maximum Gasteiger partial charge on any atom is 0.249 e. The standard InChI is InChI=1S/C47H93NO5/c1-3-5-7-9-11-13-15-17-19-20-21-22-23-24-25-27-28-30-32-34-36-38-40-44(50)46(52)43(42-49)48-47(53)45(51)41-39-37-35-33-31-29-26-18-16-14-12-10-8-6-4-2/h32,34,43-46,49-52H,3-31,33,35-42H2,1-2H3,(H,48,53)/b34-32+. The number of carbonyl (C=O) groups is 1. The fourth-order valence-electron chi connectivity index (χ4n) is 7.46. The van der Waals surface area contributed by atoms with Crippen LogP contribution in [0.2, 0.25) is 0 Å². The maximum atomic E-state index is 12.5. The van der Waals surface area contributed by atoms with Gasteiger partial charge in [0.25, 0.3) is 0 Å². The minimum atomic E-state index is -1.28. The van der Waals surface area contributed by atoms with Crippen molar-refractivity contribution in [1.82, 2.24) is 5.32 Å². The molecule has 0 saturated carbocycles. The molecule has 0 rings (SSSR count). The van der Waals surface area contributed by atoms with Gasteiger partial charge in [-0.3, -0.25) is 4.79 Å². The number of allylic oxidation sites excluding steroid dienone is 2. The van der Waals surface area contributed by atoms with Gasteiger partial charge in [-0.15, -0.1) is 0 Å². The van der Waals surface area contributed by atoms with Crippen LogP contribution < -0.4 is 5.32 Å². The first kappa shape index (κ1) is 52.0. The van der Waals surface area contributed by atoms with E-state index in [0.29, 0.717) is 12.8 Å². The van der Waals surface area contributed by atoms with Crippen molar-refractivity contribution in [1.29, 1.82) is 0 Å². The summed E-state index contributed by atoms with van der Waals surface area (Å²) in [7, 11) is 0. The van der Waals surface area contributed by atoms with E-state index in [9.17, 15) is 25.2 Å². The summed E-state index contributed by atoms with van der Waals surface area (Å²) in [6.45, 7) is 4.06. The van der Waals surface area contributed by atoms with Gasteiger partial charge in [-0.1, -0.05) is 225 Å². The number of hydrogen-bond donors (Lipinski definition) is 5. The lowest BCUT2D eigenvalue weighted by Crippen LogP contribution is -2.53. The lowest BCUT2D eigenvalue weighted by Gasteiger charge is -2.27. The van der Waals surface area contributed by atoms with Gasteiger partial charge in [0.2, 0.25) is 5.91 Å². The first-order chi connectivity index (χ1) is 26.0.